The number of hydrogen-bond acceptors (Lipinski definition) is 4. The van der Waals surface area contributed by atoms with Crippen molar-refractivity contribution in [3.8, 4) is 0 Å². The van der Waals surface area contributed by atoms with E-state index in [4.69, 9.17) is 0 Å². The zero-order valence-electron chi connectivity index (χ0n) is 11.0. The molecule has 6 heteroatoms. The molecule has 100 valence electrons. The van der Waals surface area contributed by atoms with Gasteiger partial charge in [0.1, 0.15) is 4.75 Å². The number of sulfone groups is 1. The lowest BCUT2D eigenvalue weighted by atomic mass is 10.0. The average molecular weight is 262 g/mol. The Morgan fingerprint density at radius 2 is 2.00 bits per heavy atom. The van der Waals surface area contributed by atoms with E-state index < -0.39 is 14.6 Å². The molecule has 1 fully saturated rings. The number of carbonyl (C=O) groups excluding carboxylic acids is 1. The van der Waals surface area contributed by atoms with Gasteiger partial charge in [0.25, 0.3) is 0 Å². The highest BCUT2D eigenvalue weighted by atomic mass is 32.2. The van der Waals surface area contributed by atoms with Crippen LogP contribution in [0, 0.1) is 0 Å². The van der Waals surface area contributed by atoms with Gasteiger partial charge in [-0.3, -0.25) is 4.79 Å². The Morgan fingerprint density at radius 3 is 2.41 bits per heavy atom. The van der Waals surface area contributed by atoms with Crippen LogP contribution in [0.5, 0.6) is 0 Å². The lowest BCUT2D eigenvalue weighted by Crippen LogP contribution is -2.54. The van der Waals surface area contributed by atoms with Crippen LogP contribution in [0.25, 0.3) is 0 Å². The maximum absolute atomic E-state index is 12.2. The number of nitrogens with zero attached hydrogens (tertiary/aromatic N) is 1. The maximum Gasteiger partial charge on any atom is 0.243 e. The first-order chi connectivity index (χ1) is 7.68. The maximum atomic E-state index is 12.2. The molecular formula is C11H22N2O3S. The lowest BCUT2D eigenvalue weighted by Gasteiger charge is -2.36. The number of nitrogens with one attached hydrogen (secondary N) is 1. The summed E-state index contributed by atoms with van der Waals surface area (Å²) in [4.78, 5) is 13.8. The summed E-state index contributed by atoms with van der Waals surface area (Å²) in [7, 11) is -1.71. The van der Waals surface area contributed by atoms with Crippen LogP contribution in [0.1, 0.15) is 26.7 Å². The van der Waals surface area contributed by atoms with Gasteiger partial charge in [0, 0.05) is 25.9 Å². The molecule has 0 radical (unpaired) electrons. The summed E-state index contributed by atoms with van der Waals surface area (Å²) >= 11 is 0. The minimum Gasteiger partial charge on any atom is -0.340 e. The van der Waals surface area contributed by atoms with Crippen molar-refractivity contribution in [3.05, 3.63) is 0 Å². The van der Waals surface area contributed by atoms with Crippen molar-refractivity contribution in [2.45, 2.75) is 37.5 Å². The van der Waals surface area contributed by atoms with E-state index in [0.29, 0.717) is 0 Å². The minimum absolute atomic E-state index is 0.0947. The molecule has 1 amide bonds. The third-order valence-electron chi connectivity index (χ3n) is 3.58. The number of piperidine rings is 1. The van der Waals surface area contributed by atoms with Crippen LogP contribution < -0.4 is 5.32 Å². The number of hydrogen-bond donors (Lipinski definition) is 1. The molecule has 1 N–H and O–H groups in total. The van der Waals surface area contributed by atoms with Gasteiger partial charge in [-0.15, -0.1) is 0 Å². The van der Waals surface area contributed by atoms with Crippen LogP contribution in [0.4, 0.5) is 0 Å². The highest BCUT2D eigenvalue weighted by Crippen LogP contribution is 2.20. The van der Waals surface area contributed by atoms with Crippen molar-refractivity contribution in [2.24, 2.45) is 0 Å². The normalized spacial score (nSPS) is 22.2. The lowest BCUT2D eigenvalue weighted by molar-refractivity contribution is -0.134. The first-order valence-electron chi connectivity index (χ1n) is 5.85. The van der Waals surface area contributed by atoms with E-state index in [1.54, 1.807) is 11.9 Å². The van der Waals surface area contributed by atoms with E-state index in [2.05, 4.69) is 5.32 Å². The molecule has 1 aliphatic rings. The smallest absolute Gasteiger partial charge is 0.243 e. The monoisotopic (exact) mass is 262 g/mol. The summed E-state index contributed by atoms with van der Waals surface area (Å²) in [5, 5.41) is 3.22. The molecule has 0 aromatic carbocycles. The van der Waals surface area contributed by atoms with Crippen LogP contribution in [0.15, 0.2) is 0 Å². The second-order valence-electron chi connectivity index (χ2n) is 5.20. The minimum atomic E-state index is -3.40. The quantitative estimate of drug-likeness (QED) is 0.778. The van der Waals surface area contributed by atoms with Gasteiger partial charge in [0.15, 0.2) is 9.84 Å². The molecule has 0 aromatic heterocycles. The van der Waals surface area contributed by atoms with E-state index >= 15 is 0 Å². The number of amides is 1. The van der Waals surface area contributed by atoms with Gasteiger partial charge in [0.05, 0.1) is 0 Å². The number of carbonyl (C=O) groups is 1. The molecule has 1 atom stereocenters. The summed E-state index contributed by atoms with van der Waals surface area (Å²) < 4.78 is 21.9. The Morgan fingerprint density at radius 1 is 1.41 bits per heavy atom. The van der Waals surface area contributed by atoms with Crippen LogP contribution in [-0.4, -0.2) is 56.4 Å². The molecule has 0 aliphatic carbocycles. The van der Waals surface area contributed by atoms with E-state index in [1.807, 2.05) is 0 Å². The molecule has 17 heavy (non-hydrogen) atoms. The predicted molar refractivity (Wildman–Crippen MR) is 67.6 cm³/mol. The van der Waals surface area contributed by atoms with Gasteiger partial charge in [-0.05, 0) is 33.2 Å². The van der Waals surface area contributed by atoms with Crippen molar-refractivity contribution in [1.29, 1.82) is 0 Å². The summed E-state index contributed by atoms with van der Waals surface area (Å²) in [6, 6.07) is 0.0947. The molecule has 0 bridgehead atoms. The Balaban J connectivity index is 2.82. The SMILES string of the molecule is CN(C(=O)C(C)(C)S(C)(=O)=O)C1CCCNC1. The highest BCUT2D eigenvalue weighted by Gasteiger charge is 2.41. The molecule has 0 aromatic rings. The predicted octanol–water partition coefficient (Wildman–Crippen LogP) is 0.0200. The van der Waals surface area contributed by atoms with Crippen LogP contribution >= 0.6 is 0 Å². The second-order valence-corrected chi connectivity index (χ2v) is 7.76. The fourth-order valence-electron chi connectivity index (χ4n) is 1.91. The summed E-state index contributed by atoms with van der Waals surface area (Å²) in [5.74, 6) is -0.325. The molecule has 0 saturated carbocycles. The topological polar surface area (TPSA) is 66.5 Å². The largest absolute Gasteiger partial charge is 0.340 e. The van der Waals surface area contributed by atoms with Gasteiger partial charge in [-0.25, -0.2) is 8.42 Å². The van der Waals surface area contributed by atoms with Crippen LogP contribution in [0.3, 0.4) is 0 Å². The van der Waals surface area contributed by atoms with Crippen molar-refractivity contribution < 1.29 is 13.2 Å². The molecule has 1 heterocycles. The molecule has 1 saturated heterocycles. The molecule has 1 rings (SSSR count). The number of likely N-dealkylation sites (N-methyl/N-ethyl adjacent to an activating group) is 1. The standard InChI is InChI=1S/C11H22N2O3S/c1-11(2,17(4,15)16)10(14)13(3)9-6-5-7-12-8-9/h9,12H,5-8H2,1-4H3. The van der Waals surface area contributed by atoms with E-state index in [-0.39, 0.29) is 11.9 Å². The zero-order chi connectivity index (χ0) is 13.3. The Hall–Kier alpha value is -0.620. The Labute approximate surface area is 103 Å². The molecule has 1 aliphatic heterocycles. The first-order valence-corrected chi connectivity index (χ1v) is 7.74. The molecular weight excluding hydrogens is 240 g/mol. The molecule has 5 nitrogen and oxygen atoms in total. The van der Waals surface area contributed by atoms with Gasteiger partial charge in [-0.2, -0.15) is 0 Å². The summed E-state index contributed by atoms with van der Waals surface area (Å²) in [6.45, 7) is 4.64. The van der Waals surface area contributed by atoms with E-state index in [9.17, 15) is 13.2 Å². The van der Waals surface area contributed by atoms with Crippen molar-refractivity contribution in [3.63, 3.8) is 0 Å². The first kappa shape index (κ1) is 14.4. The van der Waals surface area contributed by atoms with Gasteiger partial charge < -0.3 is 10.2 Å². The van der Waals surface area contributed by atoms with Crippen molar-refractivity contribution in [1.82, 2.24) is 10.2 Å². The van der Waals surface area contributed by atoms with Gasteiger partial charge in [-0.1, -0.05) is 0 Å². The van der Waals surface area contributed by atoms with E-state index in [0.717, 1.165) is 32.2 Å². The number of rotatable bonds is 3. The zero-order valence-corrected chi connectivity index (χ0v) is 11.8. The fourth-order valence-corrected chi connectivity index (χ4v) is 2.37. The summed E-state index contributed by atoms with van der Waals surface area (Å²) in [6.07, 6.45) is 3.05. The van der Waals surface area contributed by atoms with Crippen LogP contribution in [0.2, 0.25) is 0 Å². The third kappa shape index (κ3) is 2.98. The fraction of sp³-hybridized carbons (Fsp3) is 0.909. The van der Waals surface area contributed by atoms with Gasteiger partial charge >= 0.3 is 0 Å². The van der Waals surface area contributed by atoms with Gasteiger partial charge in [0.2, 0.25) is 5.91 Å². The highest BCUT2D eigenvalue weighted by molar-refractivity contribution is 7.92. The Kier molecular flexibility index (Phi) is 4.19. The van der Waals surface area contributed by atoms with E-state index in [1.165, 1.54) is 13.8 Å². The van der Waals surface area contributed by atoms with Crippen molar-refractivity contribution in [2.75, 3.05) is 26.4 Å². The third-order valence-corrected chi connectivity index (χ3v) is 5.61. The average Bonchev–Trinajstić information content (AvgIpc) is 2.26. The molecule has 0 spiro atoms. The molecule has 1 unspecified atom stereocenters. The van der Waals surface area contributed by atoms with Crippen molar-refractivity contribution >= 4 is 15.7 Å². The summed E-state index contributed by atoms with van der Waals surface area (Å²) in [5.41, 5.74) is 0. The van der Waals surface area contributed by atoms with Crippen LogP contribution in [-0.2, 0) is 14.6 Å². The second kappa shape index (κ2) is 4.94. The Bertz CT molecular complexity index is 384.